The smallest absolute Gasteiger partial charge is 0.260 e. The number of hydrogen-bond donors (Lipinski definition) is 1. The highest BCUT2D eigenvalue weighted by molar-refractivity contribution is 5.77. The molecular formula is C15H22N2O2. The number of nitrogens with zero attached hydrogens (tertiary/aromatic N) is 1. The Morgan fingerprint density at radius 1 is 1.32 bits per heavy atom. The first-order chi connectivity index (χ1) is 9.20. The fourth-order valence-electron chi connectivity index (χ4n) is 2.46. The van der Waals surface area contributed by atoms with Crippen LogP contribution in [0.15, 0.2) is 24.3 Å². The summed E-state index contributed by atoms with van der Waals surface area (Å²) in [5.41, 5.74) is 6.59. The van der Waals surface area contributed by atoms with Crippen LogP contribution in [-0.4, -0.2) is 30.5 Å². The molecule has 0 spiro atoms. The van der Waals surface area contributed by atoms with E-state index in [0.29, 0.717) is 18.3 Å². The summed E-state index contributed by atoms with van der Waals surface area (Å²) >= 11 is 0. The molecule has 0 aliphatic heterocycles. The van der Waals surface area contributed by atoms with Gasteiger partial charge < -0.3 is 15.4 Å². The molecule has 0 unspecified atom stereocenters. The van der Waals surface area contributed by atoms with Crippen LogP contribution in [0.3, 0.4) is 0 Å². The third-order valence-corrected chi connectivity index (χ3v) is 3.79. The maximum Gasteiger partial charge on any atom is 0.260 e. The minimum absolute atomic E-state index is 0.0507. The number of amides is 1. The summed E-state index contributed by atoms with van der Waals surface area (Å²) < 4.78 is 5.52. The largest absolute Gasteiger partial charge is 0.484 e. The summed E-state index contributed by atoms with van der Waals surface area (Å²) in [6.07, 6.45) is 4.69. The van der Waals surface area contributed by atoms with E-state index in [-0.39, 0.29) is 12.5 Å². The van der Waals surface area contributed by atoms with E-state index in [1.807, 2.05) is 36.2 Å². The van der Waals surface area contributed by atoms with Gasteiger partial charge in [-0.3, -0.25) is 4.79 Å². The van der Waals surface area contributed by atoms with Crippen molar-refractivity contribution in [2.75, 3.05) is 13.7 Å². The molecule has 1 amide bonds. The van der Waals surface area contributed by atoms with E-state index in [9.17, 15) is 4.79 Å². The monoisotopic (exact) mass is 262 g/mol. The third kappa shape index (κ3) is 3.70. The molecule has 0 saturated heterocycles. The first-order valence-electron chi connectivity index (χ1n) is 6.88. The van der Waals surface area contributed by atoms with Crippen molar-refractivity contribution in [1.82, 2.24) is 4.90 Å². The van der Waals surface area contributed by atoms with E-state index in [4.69, 9.17) is 10.5 Å². The molecule has 0 atom stereocenters. The molecule has 1 aliphatic carbocycles. The lowest BCUT2D eigenvalue weighted by Crippen LogP contribution is -2.38. The van der Waals surface area contributed by atoms with Crippen LogP contribution in [0.2, 0.25) is 0 Å². The number of hydrogen-bond acceptors (Lipinski definition) is 3. The average molecular weight is 262 g/mol. The number of ether oxygens (including phenoxy) is 1. The Labute approximate surface area is 114 Å². The van der Waals surface area contributed by atoms with Crippen LogP contribution in [0, 0.1) is 0 Å². The van der Waals surface area contributed by atoms with Crippen LogP contribution >= 0.6 is 0 Å². The molecule has 1 aromatic rings. The lowest BCUT2D eigenvalue weighted by atomic mass is 10.2. The first kappa shape index (κ1) is 13.9. The summed E-state index contributed by atoms with van der Waals surface area (Å²) in [7, 11) is 1.87. The van der Waals surface area contributed by atoms with E-state index in [2.05, 4.69) is 0 Å². The second-order valence-corrected chi connectivity index (χ2v) is 5.08. The van der Waals surface area contributed by atoms with Gasteiger partial charge in [0, 0.05) is 19.6 Å². The second-order valence-electron chi connectivity index (χ2n) is 5.08. The molecule has 0 heterocycles. The molecule has 0 bridgehead atoms. The van der Waals surface area contributed by atoms with Gasteiger partial charge in [0.2, 0.25) is 0 Å². The van der Waals surface area contributed by atoms with Gasteiger partial charge in [-0.15, -0.1) is 0 Å². The first-order valence-corrected chi connectivity index (χ1v) is 6.88. The summed E-state index contributed by atoms with van der Waals surface area (Å²) in [6, 6.07) is 7.94. The summed E-state index contributed by atoms with van der Waals surface area (Å²) in [4.78, 5) is 13.8. The molecule has 1 aromatic carbocycles. The summed E-state index contributed by atoms with van der Waals surface area (Å²) in [6.45, 7) is 0.624. The molecule has 1 saturated carbocycles. The van der Waals surface area contributed by atoms with Crippen LogP contribution in [0.1, 0.15) is 31.2 Å². The molecule has 4 heteroatoms. The molecule has 0 aromatic heterocycles. The molecule has 19 heavy (non-hydrogen) atoms. The Morgan fingerprint density at radius 3 is 2.53 bits per heavy atom. The highest BCUT2D eigenvalue weighted by Crippen LogP contribution is 2.22. The minimum Gasteiger partial charge on any atom is -0.484 e. The average Bonchev–Trinajstić information content (AvgIpc) is 2.98. The maximum atomic E-state index is 12.0. The number of nitrogens with two attached hydrogens (primary N) is 1. The van der Waals surface area contributed by atoms with Gasteiger partial charge in [-0.2, -0.15) is 0 Å². The quantitative estimate of drug-likeness (QED) is 0.882. The Balaban J connectivity index is 1.81. The molecule has 4 nitrogen and oxygen atoms in total. The topological polar surface area (TPSA) is 55.6 Å². The van der Waals surface area contributed by atoms with Gasteiger partial charge in [-0.1, -0.05) is 25.0 Å². The van der Waals surface area contributed by atoms with Gasteiger partial charge in [-0.05, 0) is 30.5 Å². The summed E-state index contributed by atoms with van der Waals surface area (Å²) in [5.74, 6) is 0.764. The van der Waals surface area contributed by atoms with E-state index < -0.39 is 0 Å². The van der Waals surface area contributed by atoms with Crippen LogP contribution < -0.4 is 10.5 Å². The zero-order chi connectivity index (χ0) is 13.7. The fraction of sp³-hybridized carbons (Fsp3) is 0.533. The van der Waals surface area contributed by atoms with Crippen molar-refractivity contribution >= 4 is 5.91 Å². The molecule has 1 aliphatic rings. The summed E-state index contributed by atoms with van der Waals surface area (Å²) in [5, 5.41) is 0. The molecular weight excluding hydrogens is 240 g/mol. The van der Waals surface area contributed by atoms with Crippen LogP contribution in [0.5, 0.6) is 5.75 Å². The van der Waals surface area contributed by atoms with Crippen LogP contribution in [-0.2, 0) is 11.3 Å². The normalized spacial score (nSPS) is 15.5. The number of likely N-dealkylation sites (N-methyl/N-ethyl adjacent to an activating group) is 1. The van der Waals surface area contributed by atoms with Crippen molar-refractivity contribution in [2.45, 2.75) is 38.3 Å². The van der Waals surface area contributed by atoms with Crippen molar-refractivity contribution in [3.05, 3.63) is 29.8 Å². The van der Waals surface area contributed by atoms with E-state index in [1.54, 1.807) is 0 Å². The van der Waals surface area contributed by atoms with Crippen molar-refractivity contribution < 1.29 is 9.53 Å². The number of carbonyl (C=O) groups excluding carboxylic acids is 1. The number of carbonyl (C=O) groups is 1. The van der Waals surface area contributed by atoms with E-state index in [1.165, 1.54) is 12.8 Å². The van der Waals surface area contributed by atoms with Gasteiger partial charge >= 0.3 is 0 Å². The van der Waals surface area contributed by atoms with Crippen molar-refractivity contribution in [3.63, 3.8) is 0 Å². The Bertz CT molecular complexity index is 411. The predicted molar refractivity (Wildman–Crippen MR) is 74.9 cm³/mol. The molecule has 2 rings (SSSR count). The number of rotatable bonds is 5. The molecule has 0 radical (unpaired) electrons. The van der Waals surface area contributed by atoms with Crippen LogP contribution in [0.4, 0.5) is 0 Å². The van der Waals surface area contributed by atoms with Crippen molar-refractivity contribution in [2.24, 2.45) is 5.73 Å². The molecule has 1 fully saturated rings. The lowest BCUT2D eigenvalue weighted by molar-refractivity contribution is -0.134. The van der Waals surface area contributed by atoms with Gasteiger partial charge in [0.25, 0.3) is 5.91 Å². The zero-order valence-corrected chi connectivity index (χ0v) is 11.5. The predicted octanol–water partition coefficient (Wildman–Crippen LogP) is 1.93. The molecule has 2 N–H and O–H groups in total. The highest BCUT2D eigenvalue weighted by Gasteiger charge is 2.23. The zero-order valence-electron chi connectivity index (χ0n) is 11.5. The minimum atomic E-state index is 0.0507. The Morgan fingerprint density at radius 2 is 1.95 bits per heavy atom. The van der Waals surface area contributed by atoms with Gasteiger partial charge in [0.1, 0.15) is 5.75 Å². The van der Waals surface area contributed by atoms with Gasteiger partial charge in [0.05, 0.1) is 0 Å². The maximum absolute atomic E-state index is 12.0. The second kappa shape index (κ2) is 6.57. The molecule has 104 valence electrons. The SMILES string of the molecule is CN(C(=O)COc1ccc(CN)cc1)C1CCCC1. The van der Waals surface area contributed by atoms with Crippen molar-refractivity contribution in [1.29, 1.82) is 0 Å². The standard InChI is InChI=1S/C15H22N2O2/c1-17(13-4-2-3-5-13)15(18)11-19-14-8-6-12(10-16)7-9-14/h6-9,13H,2-5,10-11,16H2,1H3. The lowest BCUT2D eigenvalue weighted by Gasteiger charge is -2.24. The van der Waals surface area contributed by atoms with Gasteiger partial charge in [-0.25, -0.2) is 0 Å². The van der Waals surface area contributed by atoms with E-state index >= 15 is 0 Å². The van der Waals surface area contributed by atoms with Crippen molar-refractivity contribution in [3.8, 4) is 5.75 Å². The fourth-order valence-corrected chi connectivity index (χ4v) is 2.46. The van der Waals surface area contributed by atoms with Crippen LogP contribution in [0.25, 0.3) is 0 Å². The van der Waals surface area contributed by atoms with E-state index in [0.717, 1.165) is 18.4 Å². The Hall–Kier alpha value is -1.55. The Kier molecular flexibility index (Phi) is 4.80. The van der Waals surface area contributed by atoms with Gasteiger partial charge in [0.15, 0.2) is 6.61 Å². The highest BCUT2D eigenvalue weighted by atomic mass is 16.5. The number of benzene rings is 1. The third-order valence-electron chi connectivity index (χ3n) is 3.79.